The minimum absolute atomic E-state index is 0.0347. The molecule has 0 bridgehead atoms. The Morgan fingerprint density at radius 1 is 1.48 bits per heavy atom. The number of rotatable bonds is 3. The van der Waals surface area contributed by atoms with Crippen molar-refractivity contribution in [2.45, 2.75) is 10.9 Å². The van der Waals surface area contributed by atoms with Gasteiger partial charge in [0.2, 0.25) is 10.0 Å². The average Bonchev–Trinajstić information content (AvgIpc) is 2.91. The van der Waals surface area contributed by atoms with Gasteiger partial charge in [-0.1, -0.05) is 18.2 Å². The molecule has 3 rings (SSSR count). The van der Waals surface area contributed by atoms with Crippen molar-refractivity contribution in [1.29, 1.82) is 5.26 Å². The Bertz CT molecular complexity index is 1130. The average molecular weight is 386 g/mol. The Hall–Kier alpha value is -3.22. The topological polar surface area (TPSA) is 104 Å². The van der Waals surface area contributed by atoms with Crippen LogP contribution in [0.25, 0.3) is 6.08 Å². The number of anilines is 1. The third-order valence-corrected chi connectivity index (χ3v) is 5.54. The molecular formula is C18H15FN4O3S. The van der Waals surface area contributed by atoms with Crippen molar-refractivity contribution >= 4 is 27.7 Å². The molecule has 9 heteroatoms. The van der Waals surface area contributed by atoms with Crippen LogP contribution in [0.5, 0.6) is 0 Å². The number of nitriles is 1. The molecule has 0 spiro atoms. The molecule has 27 heavy (non-hydrogen) atoms. The maximum absolute atomic E-state index is 13.4. The Morgan fingerprint density at radius 3 is 2.89 bits per heavy atom. The molecule has 2 N–H and O–H groups in total. The SMILES string of the molecule is C=C[C@@H]1C=Cc2c(cn(C)c2C(=O)Nc2ccc(F)c(C#N)c2)S(=O)(=O)N1. The van der Waals surface area contributed by atoms with Gasteiger partial charge in [-0.3, -0.25) is 4.79 Å². The van der Waals surface area contributed by atoms with Gasteiger partial charge in [0.1, 0.15) is 22.5 Å². The number of carbonyl (C=O) groups is 1. The zero-order valence-corrected chi connectivity index (χ0v) is 15.0. The Balaban J connectivity index is 2.04. The highest BCUT2D eigenvalue weighted by molar-refractivity contribution is 7.89. The van der Waals surface area contributed by atoms with Gasteiger partial charge in [0.15, 0.2) is 0 Å². The smallest absolute Gasteiger partial charge is 0.272 e. The molecular weight excluding hydrogens is 371 g/mol. The first-order valence-electron chi connectivity index (χ1n) is 7.80. The van der Waals surface area contributed by atoms with Crippen molar-refractivity contribution in [3.8, 4) is 6.07 Å². The van der Waals surface area contributed by atoms with Crippen molar-refractivity contribution in [3.05, 3.63) is 65.8 Å². The molecule has 138 valence electrons. The zero-order chi connectivity index (χ0) is 19.8. The van der Waals surface area contributed by atoms with E-state index in [1.54, 1.807) is 25.3 Å². The number of sulfonamides is 1. The molecule has 0 saturated heterocycles. The first-order valence-corrected chi connectivity index (χ1v) is 9.28. The van der Waals surface area contributed by atoms with Crippen molar-refractivity contribution < 1.29 is 17.6 Å². The Labute approximate surface area is 155 Å². The van der Waals surface area contributed by atoms with E-state index in [0.29, 0.717) is 0 Å². The van der Waals surface area contributed by atoms with Crippen LogP contribution in [0.3, 0.4) is 0 Å². The number of amides is 1. The van der Waals surface area contributed by atoms with Crippen LogP contribution in [-0.2, 0) is 17.1 Å². The van der Waals surface area contributed by atoms with Gasteiger partial charge in [-0.2, -0.15) is 5.26 Å². The lowest BCUT2D eigenvalue weighted by Crippen LogP contribution is -2.30. The second kappa shape index (κ2) is 6.83. The van der Waals surface area contributed by atoms with E-state index in [0.717, 1.165) is 6.07 Å². The molecule has 0 aliphatic carbocycles. The van der Waals surface area contributed by atoms with E-state index in [2.05, 4.69) is 16.6 Å². The fourth-order valence-electron chi connectivity index (χ4n) is 2.76. The highest BCUT2D eigenvalue weighted by atomic mass is 32.2. The second-order valence-corrected chi connectivity index (χ2v) is 7.55. The molecule has 0 saturated carbocycles. The summed E-state index contributed by atoms with van der Waals surface area (Å²) in [6.45, 7) is 3.57. The second-order valence-electron chi connectivity index (χ2n) is 5.87. The summed E-state index contributed by atoms with van der Waals surface area (Å²) in [5.74, 6) is -1.29. The Morgan fingerprint density at radius 2 is 2.22 bits per heavy atom. The summed E-state index contributed by atoms with van der Waals surface area (Å²) in [5, 5.41) is 11.5. The standard InChI is InChI=1S/C18H15FN4O3S/c1-3-12-4-6-14-16(27(25,26)22-12)10-23(2)17(14)18(24)21-13-5-7-15(19)11(8-13)9-20/h3-8,10,12,22H,1H2,2H3,(H,21,24)/t12-/m1/s1. The van der Waals surface area contributed by atoms with Gasteiger partial charge in [0, 0.05) is 24.5 Å². The van der Waals surface area contributed by atoms with Crippen LogP contribution in [-0.4, -0.2) is 24.9 Å². The van der Waals surface area contributed by atoms with Crippen LogP contribution in [0.1, 0.15) is 21.6 Å². The van der Waals surface area contributed by atoms with E-state index < -0.39 is 27.8 Å². The van der Waals surface area contributed by atoms with Crippen LogP contribution in [0.2, 0.25) is 0 Å². The molecule has 0 fully saturated rings. The summed E-state index contributed by atoms with van der Waals surface area (Å²) in [6, 6.07) is 4.69. The lowest BCUT2D eigenvalue weighted by molar-refractivity contribution is 0.101. The number of halogens is 1. The number of aromatic nitrogens is 1. The van der Waals surface area contributed by atoms with Gasteiger partial charge in [-0.15, -0.1) is 6.58 Å². The fraction of sp³-hybridized carbons (Fsp3) is 0.111. The van der Waals surface area contributed by atoms with Gasteiger partial charge in [0.25, 0.3) is 5.91 Å². The summed E-state index contributed by atoms with van der Waals surface area (Å²) in [7, 11) is -2.30. The molecule has 1 aromatic carbocycles. The lowest BCUT2D eigenvalue weighted by Gasteiger charge is -2.08. The first kappa shape index (κ1) is 18.6. The molecule has 0 radical (unpaired) electrons. The van der Waals surface area contributed by atoms with E-state index in [9.17, 15) is 17.6 Å². The van der Waals surface area contributed by atoms with Gasteiger partial charge in [-0.05, 0) is 18.2 Å². The Kier molecular flexibility index (Phi) is 4.70. The summed E-state index contributed by atoms with van der Waals surface area (Å²) in [6.07, 6.45) is 5.90. The number of aryl methyl sites for hydroxylation is 1. The van der Waals surface area contributed by atoms with Crippen LogP contribution in [0.4, 0.5) is 10.1 Å². The summed E-state index contributed by atoms with van der Waals surface area (Å²) in [4.78, 5) is 12.7. The van der Waals surface area contributed by atoms with Crippen LogP contribution >= 0.6 is 0 Å². The van der Waals surface area contributed by atoms with E-state index in [1.165, 1.54) is 29.0 Å². The number of fused-ring (bicyclic) bond motifs is 1. The third-order valence-electron chi connectivity index (χ3n) is 4.05. The predicted octanol–water partition coefficient (Wildman–Crippen LogP) is 2.15. The highest BCUT2D eigenvalue weighted by Crippen LogP contribution is 2.27. The first-order chi connectivity index (χ1) is 12.8. The molecule has 7 nitrogen and oxygen atoms in total. The molecule has 1 aliphatic rings. The highest BCUT2D eigenvalue weighted by Gasteiger charge is 2.29. The minimum atomic E-state index is -3.84. The fourth-order valence-corrected chi connectivity index (χ4v) is 4.17. The van der Waals surface area contributed by atoms with Gasteiger partial charge >= 0.3 is 0 Å². The van der Waals surface area contributed by atoms with Crippen molar-refractivity contribution in [3.63, 3.8) is 0 Å². The van der Waals surface area contributed by atoms with Crippen molar-refractivity contribution in [2.75, 3.05) is 5.32 Å². The van der Waals surface area contributed by atoms with E-state index in [4.69, 9.17) is 5.26 Å². The van der Waals surface area contributed by atoms with Crippen molar-refractivity contribution in [2.24, 2.45) is 7.05 Å². The van der Waals surface area contributed by atoms with Crippen molar-refractivity contribution in [1.82, 2.24) is 9.29 Å². The molecule has 1 amide bonds. The summed E-state index contributed by atoms with van der Waals surface area (Å²) >= 11 is 0. The molecule has 1 aliphatic heterocycles. The molecule has 1 aromatic heterocycles. The largest absolute Gasteiger partial charge is 0.345 e. The lowest BCUT2D eigenvalue weighted by atomic mass is 10.1. The molecule has 2 aromatic rings. The summed E-state index contributed by atoms with van der Waals surface area (Å²) < 4.78 is 42.3. The van der Waals surface area contributed by atoms with E-state index >= 15 is 0 Å². The van der Waals surface area contributed by atoms with Gasteiger partial charge in [0.05, 0.1) is 11.6 Å². The maximum Gasteiger partial charge on any atom is 0.272 e. The quantitative estimate of drug-likeness (QED) is 0.789. The van der Waals surface area contributed by atoms with Crippen LogP contribution < -0.4 is 10.0 Å². The van der Waals surface area contributed by atoms with Gasteiger partial charge in [-0.25, -0.2) is 17.5 Å². The minimum Gasteiger partial charge on any atom is -0.345 e. The molecule has 2 heterocycles. The maximum atomic E-state index is 13.4. The van der Waals surface area contributed by atoms with Crippen LogP contribution in [0, 0.1) is 17.1 Å². The van der Waals surface area contributed by atoms with Crippen LogP contribution in [0.15, 0.2) is 48.0 Å². The number of nitrogens with one attached hydrogen (secondary N) is 2. The van der Waals surface area contributed by atoms with E-state index in [-0.39, 0.29) is 27.4 Å². The predicted molar refractivity (Wildman–Crippen MR) is 97.8 cm³/mol. The molecule has 0 unspecified atom stereocenters. The zero-order valence-electron chi connectivity index (χ0n) is 14.2. The third kappa shape index (κ3) is 3.40. The van der Waals surface area contributed by atoms with E-state index in [1.807, 2.05) is 0 Å². The number of hydrogen-bond acceptors (Lipinski definition) is 4. The number of benzene rings is 1. The van der Waals surface area contributed by atoms with Gasteiger partial charge < -0.3 is 9.88 Å². The number of nitrogens with zero attached hydrogens (tertiary/aromatic N) is 2. The monoisotopic (exact) mass is 386 g/mol. The molecule has 1 atom stereocenters. The normalized spacial score (nSPS) is 17.4. The number of hydrogen-bond donors (Lipinski definition) is 2. The number of carbonyl (C=O) groups excluding carboxylic acids is 1. The summed E-state index contributed by atoms with van der Waals surface area (Å²) in [5.41, 5.74) is 0.350.